The molecule has 410 valence electrons. The summed E-state index contributed by atoms with van der Waals surface area (Å²) < 4.78 is 18.5. The van der Waals surface area contributed by atoms with Gasteiger partial charge in [-0.25, -0.2) is 4.98 Å². The maximum absolute atomic E-state index is 13.4. The molecule has 5 aliphatic rings. The van der Waals surface area contributed by atoms with Crippen molar-refractivity contribution in [2.24, 2.45) is 38.9 Å². The van der Waals surface area contributed by atoms with E-state index >= 15 is 0 Å². The molecule has 1 aromatic carbocycles. The number of amides is 3. The highest BCUT2D eigenvalue weighted by Crippen LogP contribution is 2.66. The molecule has 74 heavy (non-hydrogen) atoms. The Morgan fingerprint density at radius 3 is 2.08 bits per heavy atom. The SMILES string of the molecule is C1CCCCC1.CC.CC(C)(C)CCC1(C(=O)NF)CCC(C2(C)CCC3C(C)(C)C(=O)C(C#N)=CC3(C)/C2=C/C=O)CC1.CNC(C)C(=O)NCC(=O)N1CCCC1.COc1cccc(C(=O)c2cscn2)c1. The van der Waals surface area contributed by atoms with E-state index in [9.17, 15) is 38.5 Å². The van der Waals surface area contributed by atoms with Crippen LogP contribution in [0.3, 0.4) is 0 Å². The second kappa shape index (κ2) is 29.3. The number of carbonyl (C=O) groups excluding carboxylic acids is 6. The minimum Gasteiger partial charge on any atom is -0.497 e. The number of benzene rings is 1. The molecule has 1 aromatic heterocycles. The van der Waals surface area contributed by atoms with Crippen LogP contribution in [0.5, 0.6) is 5.75 Å². The number of hydrogen-bond acceptors (Lipinski definition) is 11. The number of aromatic nitrogens is 1. The number of ketones is 2. The molecule has 15 heteroatoms. The number of nitriles is 1. The first-order chi connectivity index (χ1) is 35.1. The summed E-state index contributed by atoms with van der Waals surface area (Å²) >= 11 is 1.41. The van der Waals surface area contributed by atoms with Crippen molar-refractivity contribution in [2.45, 2.75) is 178 Å². The third-order valence-corrected chi connectivity index (χ3v) is 16.9. The molecule has 3 N–H and O–H groups in total. The average molecular weight is 1050 g/mol. The zero-order chi connectivity index (χ0) is 55.3. The quantitative estimate of drug-likeness (QED) is 0.0799. The van der Waals surface area contributed by atoms with Crippen molar-refractivity contribution in [3.05, 3.63) is 69.7 Å². The summed E-state index contributed by atoms with van der Waals surface area (Å²) in [7, 11) is 3.29. The van der Waals surface area contributed by atoms with Crippen molar-refractivity contribution in [1.82, 2.24) is 26.1 Å². The summed E-state index contributed by atoms with van der Waals surface area (Å²) in [6.45, 7) is 22.1. The molecular formula is C59H89FN6O7S. The van der Waals surface area contributed by atoms with Crippen molar-refractivity contribution >= 4 is 46.9 Å². The lowest BCUT2D eigenvalue weighted by Gasteiger charge is -2.59. The number of likely N-dealkylation sites (tertiary alicyclic amines) is 1. The lowest BCUT2D eigenvalue weighted by atomic mass is 9.43. The van der Waals surface area contributed by atoms with Crippen molar-refractivity contribution in [3.63, 3.8) is 0 Å². The fourth-order valence-corrected chi connectivity index (χ4v) is 12.3. The van der Waals surface area contributed by atoms with Gasteiger partial charge in [-0.15, -0.1) is 15.8 Å². The molecule has 1 saturated heterocycles. The van der Waals surface area contributed by atoms with Crippen LogP contribution in [0.25, 0.3) is 0 Å². The number of fused-ring (bicyclic) bond motifs is 1. The highest BCUT2D eigenvalue weighted by atomic mass is 32.1. The highest BCUT2D eigenvalue weighted by Gasteiger charge is 2.60. The number of aldehydes is 1. The number of Topliss-reactive ketones (excluding diaryl/α,β-unsaturated/α-hetero) is 1. The van der Waals surface area contributed by atoms with Gasteiger partial charge in [-0.2, -0.15) is 10.8 Å². The van der Waals surface area contributed by atoms with Gasteiger partial charge in [-0.05, 0) is 119 Å². The minimum atomic E-state index is -0.711. The van der Waals surface area contributed by atoms with E-state index in [0.29, 0.717) is 36.3 Å². The molecule has 4 atom stereocenters. The van der Waals surface area contributed by atoms with Gasteiger partial charge in [0.05, 0.1) is 36.2 Å². The molecular weight excluding hydrogens is 956 g/mol. The van der Waals surface area contributed by atoms with E-state index in [1.165, 1.54) is 55.4 Å². The number of nitrogens with zero attached hydrogens (tertiary/aromatic N) is 3. The zero-order valence-electron chi connectivity index (χ0n) is 46.8. The molecule has 3 saturated carbocycles. The van der Waals surface area contributed by atoms with Crippen LogP contribution < -0.4 is 20.9 Å². The molecule has 0 radical (unpaired) electrons. The first-order valence-electron chi connectivity index (χ1n) is 27.1. The predicted octanol–water partition coefficient (Wildman–Crippen LogP) is 11.7. The molecule has 2 heterocycles. The summed E-state index contributed by atoms with van der Waals surface area (Å²) in [6, 6.07) is 8.91. The normalized spacial score (nSPS) is 25.8. The van der Waals surface area contributed by atoms with Gasteiger partial charge >= 0.3 is 0 Å². The Kier molecular flexibility index (Phi) is 25.0. The van der Waals surface area contributed by atoms with Crippen molar-refractivity contribution in [1.29, 1.82) is 5.26 Å². The van der Waals surface area contributed by atoms with Gasteiger partial charge in [0.1, 0.15) is 23.8 Å². The summed E-state index contributed by atoms with van der Waals surface area (Å²) in [4.78, 5) is 78.2. The van der Waals surface area contributed by atoms with Crippen LogP contribution in [0, 0.1) is 50.2 Å². The molecule has 2 aromatic rings. The Morgan fingerprint density at radius 1 is 0.973 bits per heavy atom. The van der Waals surface area contributed by atoms with Gasteiger partial charge in [0.25, 0.3) is 5.91 Å². The third kappa shape index (κ3) is 16.5. The van der Waals surface area contributed by atoms with Gasteiger partial charge in [-0.1, -0.05) is 125 Å². The van der Waals surface area contributed by atoms with E-state index in [-0.39, 0.29) is 64.2 Å². The summed E-state index contributed by atoms with van der Waals surface area (Å²) in [5.41, 5.74) is 3.05. The van der Waals surface area contributed by atoms with Crippen LogP contribution in [0.2, 0.25) is 0 Å². The number of hydrogen-bond donors (Lipinski definition) is 3. The van der Waals surface area contributed by atoms with E-state index in [4.69, 9.17) is 4.74 Å². The molecule has 3 amide bonds. The first-order valence-corrected chi connectivity index (χ1v) is 28.1. The van der Waals surface area contributed by atoms with Gasteiger partial charge in [0, 0.05) is 34.9 Å². The molecule has 4 unspecified atom stereocenters. The Labute approximate surface area is 446 Å². The predicted molar refractivity (Wildman–Crippen MR) is 293 cm³/mol. The molecule has 0 bridgehead atoms. The average Bonchev–Trinajstić information content (AvgIpc) is 4.17. The Balaban J connectivity index is 0.000000309. The molecule has 7 rings (SSSR count). The Hall–Kier alpha value is -5.07. The topological polar surface area (TPSA) is 188 Å². The fourth-order valence-electron chi connectivity index (χ4n) is 11.7. The van der Waals surface area contributed by atoms with E-state index in [0.717, 1.165) is 69.9 Å². The maximum Gasteiger partial charge on any atom is 0.253 e. The van der Waals surface area contributed by atoms with E-state index in [1.807, 2.05) is 33.8 Å². The van der Waals surface area contributed by atoms with Crippen molar-refractivity contribution in [3.8, 4) is 11.8 Å². The second-order valence-corrected chi connectivity index (χ2v) is 23.4. The van der Waals surface area contributed by atoms with Crippen LogP contribution in [-0.4, -0.2) is 85.3 Å². The summed E-state index contributed by atoms with van der Waals surface area (Å²) in [5, 5.41) is 16.9. The number of allylic oxidation sites excluding steroid dienone is 4. The van der Waals surface area contributed by atoms with Gasteiger partial charge in [0.2, 0.25) is 17.6 Å². The molecule has 4 fully saturated rings. The first kappa shape index (κ1) is 63.2. The summed E-state index contributed by atoms with van der Waals surface area (Å²) in [6.07, 6.45) is 21.3. The third-order valence-electron chi connectivity index (χ3n) is 16.3. The lowest BCUT2D eigenvalue weighted by Crippen LogP contribution is -2.54. The van der Waals surface area contributed by atoms with Gasteiger partial charge in [-0.3, -0.25) is 28.8 Å². The van der Waals surface area contributed by atoms with Crippen molar-refractivity contribution < 1.29 is 38.0 Å². The maximum atomic E-state index is 13.4. The standard InChI is InChI=1S/C30H43FN2O3.C11H9NO2S.C10H19N3O2.C6H12.C2H6/c1-26(2,3)15-16-30(25(36)33-31)13-8-21(9-14-30)28(6)12-10-22-27(4,5)24(35)20(19-32)18-29(22,7)23(28)11-17-34;1-14-9-4-2-3-8(5-9)11(13)10-6-15-7-12-10;1-8(11-2)10(15)12-7-9(14)13-5-3-4-6-13;1-2-4-6-5-3-1;1-2/h11,17-18,21-22H,8-10,12-16H2,1-7H3,(H,33,36);2-7H,1H3;8,11H,3-7H2,1-2H3,(H,12,15);1-6H2;1-2H3/b23-11+;;;;. The fraction of sp³-hybridized carbons (Fsp3) is 0.661. The van der Waals surface area contributed by atoms with E-state index in [1.54, 1.807) is 67.2 Å². The van der Waals surface area contributed by atoms with Gasteiger partial charge < -0.3 is 20.3 Å². The zero-order valence-corrected chi connectivity index (χ0v) is 47.7. The number of likely N-dealkylation sites (N-methyl/N-ethyl adjacent to an activating group) is 1. The number of rotatable bonds is 12. The minimum absolute atomic E-state index is 0.0133. The van der Waals surface area contributed by atoms with Crippen LogP contribution in [0.4, 0.5) is 4.48 Å². The number of methoxy groups -OCH3 is 1. The second-order valence-electron chi connectivity index (χ2n) is 22.6. The van der Waals surface area contributed by atoms with Crippen molar-refractivity contribution in [2.75, 3.05) is 33.8 Å². The highest BCUT2D eigenvalue weighted by molar-refractivity contribution is 7.07. The molecule has 13 nitrogen and oxygen atoms in total. The monoisotopic (exact) mass is 1040 g/mol. The number of nitrogens with one attached hydrogen (secondary N) is 3. The summed E-state index contributed by atoms with van der Waals surface area (Å²) in [5.74, 6) is 0.0568. The molecule has 0 spiro atoms. The van der Waals surface area contributed by atoms with Crippen LogP contribution in [0.1, 0.15) is 188 Å². The van der Waals surface area contributed by atoms with E-state index in [2.05, 4.69) is 56.3 Å². The smallest absolute Gasteiger partial charge is 0.253 e. The molecule has 1 aliphatic heterocycles. The number of halogens is 1. The number of carbonyl (C=O) groups is 6. The van der Waals surface area contributed by atoms with Crippen LogP contribution in [0.15, 0.2) is 58.5 Å². The van der Waals surface area contributed by atoms with Gasteiger partial charge in [0.15, 0.2) is 5.78 Å². The lowest BCUT2D eigenvalue weighted by molar-refractivity contribution is -0.140. The van der Waals surface area contributed by atoms with Crippen LogP contribution in [-0.2, 0) is 24.0 Å². The molecule has 4 aliphatic carbocycles. The number of thiazole rings is 1. The number of ether oxygens (including phenoxy) is 1. The largest absolute Gasteiger partial charge is 0.497 e. The van der Waals surface area contributed by atoms with E-state index < -0.39 is 22.2 Å². The Bertz CT molecular complexity index is 2250. The Morgan fingerprint density at radius 2 is 1.58 bits per heavy atom. The van der Waals surface area contributed by atoms with Crippen LogP contribution >= 0.6 is 11.3 Å².